The van der Waals surface area contributed by atoms with E-state index < -0.39 is 0 Å². The van der Waals surface area contributed by atoms with E-state index in [4.69, 9.17) is 34.8 Å². The largest absolute Gasteiger partial charge is 0.341 e. The van der Waals surface area contributed by atoms with Gasteiger partial charge in [0.15, 0.2) is 0 Å². The summed E-state index contributed by atoms with van der Waals surface area (Å²) in [6.07, 6.45) is 0. The molecule has 5 heteroatoms. The fourth-order valence-corrected chi connectivity index (χ4v) is 1.63. The summed E-state index contributed by atoms with van der Waals surface area (Å²) in [6.45, 7) is 0.501. The van der Waals surface area contributed by atoms with Crippen molar-refractivity contribution in [1.82, 2.24) is 4.90 Å². The molecule has 15 heavy (non-hydrogen) atoms. The second-order valence-electron chi connectivity index (χ2n) is 3.04. The van der Waals surface area contributed by atoms with Crippen LogP contribution in [0, 0.1) is 0 Å². The van der Waals surface area contributed by atoms with Crippen LogP contribution in [0.2, 0.25) is 10.0 Å². The van der Waals surface area contributed by atoms with E-state index in [9.17, 15) is 4.79 Å². The Hall–Kier alpha value is -0.440. The van der Waals surface area contributed by atoms with Gasteiger partial charge in [0.2, 0.25) is 0 Å². The number of benzene rings is 1. The van der Waals surface area contributed by atoms with Gasteiger partial charge in [0.1, 0.15) is 0 Å². The highest BCUT2D eigenvalue weighted by molar-refractivity contribution is 6.42. The van der Waals surface area contributed by atoms with Crippen molar-refractivity contribution in [2.75, 3.05) is 19.5 Å². The first-order valence-corrected chi connectivity index (χ1v) is 5.61. The van der Waals surface area contributed by atoms with Crippen LogP contribution in [0.25, 0.3) is 0 Å². The van der Waals surface area contributed by atoms with E-state index in [1.807, 2.05) is 0 Å². The molecule has 0 N–H and O–H groups in total. The van der Waals surface area contributed by atoms with Gasteiger partial charge in [-0.05, 0) is 18.2 Å². The topological polar surface area (TPSA) is 20.3 Å². The molecule has 1 amide bonds. The minimum atomic E-state index is -0.116. The maximum atomic E-state index is 11.8. The van der Waals surface area contributed by atoms with Crippen molar-refractivity contribution < 1.29 is 4.79 Å². The van der Waals surface area contributed by atoms with Gasteiger partial charge in [0.05, 0.1) is 10.0 Å². The third-order valence-corrected chi connectivity index (χ3v) is 2.84. The molecule has 0 atom stereocenters. The lowest BCUT2D eigenvalue weighted by Gasteiger charge is -2.15. The second-order valence-corrected chi connectivity index (χ2v) is 4.24. The number of rotatable bonds is 3. The lowest BCUT2D eigenvalue weighted by Crippen LogP contribution is -2.28. The van der Waals surface area contributed by atoms with Crippen LogP contribution in [0.3, 0.4) is 0 Å². The minimum Gasteiger partial charge on any atom is -0.341 e. The fraction of sp³-hybridized carbons (Fsp3) is 0.300. The number of nitrogens with zero attached hydrogens (tertiary/aromatic N) is 1. The highest BCUT2D eigenvalue weighted by atomic mass is 35.5. The average molecular weight is 267 g/mol. The van der Waals surface area contributed by atoms with E-state index in [1.165, 1.54) is 4.90 Å². The Morgan fingerprint density at radius 3 is 2.53 bits per heavy atom. The van der Waals surface area contributed by atoms with Crippen LogP contribution in [-0.4, -0.2) is 30.3 Å². The summed E-state index contributed by atoms with van der Waals surface area (Å²) in [6, 6.07) is 4.80. The molecule has 0 aromatic heterocycles. The molecule has 0 unspecified atom stereocenters. The van der Waals surface area contributed by atoms with Gasteiger partial charge < -0.3 is 4.90 Å². The quantitative estimate of drug-likeness (QED) is 0.769. The molecule has 0 aliphatic carbocycles. The first-order chi connectivity index (χ1) is 7.06. The monoisotopic (exact) mass is 265 g/mol. The molecule has 1 rings (SSSR count). The van der Waals surface area contributed by atoms with Gasteiger partial charge in [-0.15, -0.1) is 11.6 Å². The van der Waals surface area contributed by atoms with E-state index in [0.717, 1.165) is 0 Å². The molecule has 0 fully saturated rings. The average Bonchev–Trinajstić information content (AvgIpc) is 2.21. The van der Waals surface area contributed by atoms with Crippen LogP contribution in [-0.2, 0) is 0 Å². The smallest absolute Gasteiger partial charge is 0.253 e. The summed E-state index contributed by atoms with van der Waals surface area (Å²) < 4.78 is 0. The van der Waals surface area contributed by atoms with Crippen molar-refractivity contribution in [1.29, 1.82) is 0 Å². The van der Waals surface area contributed by atoms with E-state index >= 15 is 0 Å². The van der Waals surface area contributed by atoms with Crippen LogP contribution in [0.1, 0.15) is 10.4 Å². The van der Waals surface area contributed by atoms with E-state index in [0.29, 0.717) is 28.0 Å². The molecule has 82 valence electrons. The van der Waals surface area contributed by atoms with Crippen molar-refractivity contribution in [2.45, 2.75) is 0 Å². The zero-order chi connectivity index (χ0) is 11.4. The summed E-state index contributed by atoms with van der Waals surface area (Å²) in [5.74, 6) is 0.290. The molecule has 0 aliphatic rings. The normalized spacial score (nSPS) is 10.1. The van der Waals surface area contributed by atoms with Gasteiger partial charge in [-0.3, -0.25) is 4.79 Å². The van der Waals surface area contributed by atoms with Crippen molar-refractivity contribution in [2.24, 2.45) is 0 Å². The lowest BCUT2D eigenvalue weighted by molar-refractivity contribution is 0.0803. The molecule has 1 aromatic rings. The predicted octanol–water partition coefficient (Wildman–Crippen LogP) is 3.30. The number of halogens is 3. The highest BCUT2D eigenvalue weighted by Crippen LogP contribution is 2.23. The number of carbonyl (C=O) groups is 1. The van der Waals surface area contributed by atoms with E-state index in [1.54, 1.807) is 25.2 Å². The Morgan fingerprint density at radius 1 is 1.33 bits per heavy atom. The summed E-state index contributed by atoms with van der Waals surface area (Å²) in [5, 5.41) is 0.815. The Labute approximate surface area is 104 Å². The molecular weight excluding hydrogens is 256 g/mol. The standard InChI is InChI=1S/C10H10Cl3NO/c1-14(5-4-11)10(15)7-2-3-8(12)9(13)6-7/h2-3,6H,4-5H2,1H3. The molecule has 0 aliphatic heterocycles. The minimum absolute atomic E-state index is 0.116. The first-order valence-electron chi connectivity index (χ1n) is 4.32. The van der Waals surface area contributed by atoms with Gasteiger partial charge in [-0.2, -0.15) is 0 Å². The highest BCUT2D eigenvalue weighted by Gasteiger charge is 2.12. The maximum Gasteiger partial charge on any atom is 0.253 e. The van der Waals surface area contributed by atoms with Crippen molar-refractivity contribution >= 4 is 40.7 Å². The number of carbonyl (C=O) groups excluding carboxylic acids is 1. The van der Waals surface area contributed by atoms with Crippen molar-refractivity contribution in [3.8, 4) is 0 Å². The van der Waals surface area contributed by atoms with Crippen molar-refractivity contribution in [3.05, 3.63) is 33.8 Å². The Kier molecular flexibility index (Phi) is 4.71. The molecule has 0 radical (unpaired) electrons. The van der Waals surface area contributed by atoms with Crippen LogP contribution in [0.5, 0.6) is 0 Å². The molecule has 0 saturated heterocycles. The fourth-order valence-electron chi connectivity index (χ4n) is 1.08. The van der Waals surface area contributed by atoms with Gasteiger partial charge >= 0.3 is 0 Å². The van der Waals surface area contributed by atoms with Gasteiger partial charge in [-0.1, -0.05) is 23.2 Å². The summed E-state index contributed by atoms with van der Waals surface area (Å²) in [4.78, 5) is 13.3. The summed E-state index contributed by atoms with van der Waals surface area (Å²) >= 11 is 17.1. The van der Waals surface area contributed by atoms with Gasteiger partial charge in [0.25, 0.3) is 5.91 Å². The lowest BCUT2D eigenvalue weighted by atomic mass is 10.2. The first kappa shape index (κ1) is 12.6. The van der Waals surface area contributed by atoms with Gasteiger partial charge in [-0.25, -0.2) is 0 Å². The molecule has 0 heterocycles. The molecule has 2 nitrogen and oxygen atoms in total. The number of hydrogen-bond acceptors (Lipinski definition) is 1. The van der Waals surface area contributed by atoms with E-state index in [-0.39, 0.29) is 5.91 Å². The van der Waals surface area contributed by atoms with Gasteiger partial charge in [0, 0.05) is 25.0 Å². The predicted molar refractivity (Wildman–Crippen MR) is 64.1 cm³/mol. The SMILES string of the molecule is CN(CCCl)C(=O)c1ccc(Cl)c(Cl)c1. The summed E-state index contributed by atoms with van der Waals surface area (Å²) in [7, 11) is 1.69. The van der Waals surface area contributed by atoms with Crippen LogP contribution >= 0.6 is 34.8 Å². The Balaban J connectivity index is 2.87. The van der Waals surface area contributed by atoms with E-state index in [2.05, 4.69) is 0 Å². The number of alkyl halides is 1. The molecule has 0 bridgehead atoms. The van der Waals surface area contributed by atoms with Crippen molar-refractivity contribution in [3.63, 3.8) is 0 Å². The summed E-state index contributed by atoms with van der Waals surface area (Å²) in [5.41, 5.74) is 0.511. The third-order valence-electron chi connectivity index (χ3n) is 1.93. The second kappa shape index (κ2) is 5.59. The number of hydrogen-bond donors (Lipinski definition) is 0. The molecular formula is C10H10Cl3NO. The Bertz CT molecular complexity index is 368. The maximum absolute atomic E-state index is 11.8. The van der Waals surface area contributed by atoms with Crippen LogP contribution < -0.4 is 0 Å². The molecule has 0 spiro atoms. The Morgan fingerprint density at radius 2 is 2.00 bits per heavy atom. The van der Waals surface area contributed by atoms with Crippen LogP contribution in [0.15, 0.2) is 18.2 Å². The zero-order valence-electron chi connectivity index (χ0n) is 8.14. The third kappa shape index (κ3) is 3.26. The zero-order valence-corrected chi connectivity index (χ0v) is 10.4. The number of amides is 1. The molecule has 1 aromatic carbocycles. The van der Waals surface area contributed by atoms with Crippen LogP contribution in [0.4, 0.5) is 0 Å². The molecule has 0 saturated carbocycles.